The van der Waals surface area contributed by atoms with Crippen molar-refractivity contribution >= 4 is 18.4 Å². The summed E-state index contributed by atoms with van der Waals surface area (Å²) in [6, 6.07) is 5.14. The molecule has 0 saturated heterocycles. The molecule has 0 aromatic heterocycles. The van der Waals surface area contributed by atoms with E-state index in [2.05, 4.69) is 30.9 Å². The second-order valence-electron chi connectivity index (χ2n) is 7.74. The number of halogens is 3. The SMILES string of the molecule is CCC[CH2][Sn]([CH]=CCCOc1cccc(C(F)(F)F)c1)([CH2]CCC)[CH2]CCC. The fraction of sp³-hybridized carbons (Fsp3) is 0.652. The summed E-state index contributed by atoms with van der Waals surface area (Å²) in [5.74, 6) is 0.293. The van der Waals surface area contributed by atoms with Gasteiger partial charge in [0.15, 0.2) is 0 Å². The molecule has 28 heavy (non-hydrogen) atoms. The summed E-state index contributed by atoms with van der Waals surface area (Å²) in [6.07, 6.45) is 6.45. The van der Waals surface area contributed by atoms with Crippen LogP contribution < -0.4 is 4.74 Å². The molecule has 0 fully saturated rings. The minimum absolute atomic E-state index is 0.293. The molecule has 160 valence electrons. The monoisotopic (exact) mass is 506 g/mol. The van der Waals surface area contributed by atoms with Crippen LogP contribution in [-0.2, 0) is 6.18 Å². The minimum atomic E-state index is -4.33. The van der Waals surface area contributed by atoms with Crippen molar-refractivity contribution in [2.75, 3.05) is 6.61 Å². The van der Waals surface area contributed by atoms with Crippen molar-refractivity contribution in [2.24, 2.45) is 0 Å². The number of unbranched alkanes of at least 4 members (excludes halogenated alkanes) is 3. The standard InChI is InChI=1S/C11H10F3O.3C4H9.Sn/c1-2-3-7-15-10-6-4-5-9(8-10)11(12,13)14;3*1-3-4-2;/h1-2,4-6,8H,3,7H2;3*1,3-4H2,2H3;. The molecular weight excluding hydrogens is 468 g/mol. The van der Waals surface area contributed by atoms with Crippen LogP contribution >= 0.6 is 0 Å². The molecule has 0 amide bonds. The third-order valence-corrected chi connectivity index (χ3v) is 19.5. The zero-order chi connectivity index (χ0) is 20.9. The summed E-state index contributed by atoms with van der Waals surface area (Å²) in [5, 5.41) is 0. The first-order chi connectivity index (χ1) is 13.4. The number of rotatable bonds is 14. The van der Waals surface area contributed by atoms with Crippen LogP contribution in [0.25, 0.3) is 0 Å². The second-order valence-corrected chi connectivity index (χ2v) is 20.7. The number of alkyl halides is 3. The third-order valence-electron chi connectivity index (χ3n) is 5.27. The fourth-order valence-corrected chi connectivity index (χ4v) is 18.1. The summed E-state index contributed by atoms with van der Waals surface area (Å²) in [6.45, 7) is 7.23. The molecule has 0 aliphatic rings. The van der Waals surface area contributed by atoms with Gasteiger partial charge < -0.3 is 0 Å². The molecule has 0 heterocycles. The fourth-order valence-electron chi connectivity index (χ4n) is 3.55. The van der Waals surface area contributed by atoms with Gasteiger partial charge in [-0.15, -0.1) is 0 Å². The van der Waals surface area contributed by atoms with Crippen molar-refractivity contribution in [1.29, 1.82) is 0 Å². The van der Waals surface area contributed by atoms with Crippen LogP contribution in [0.5, 0.6) is 5.75 Å². The molecule has 1 aromatic rings. The van der Waals surface area contributed by atoms with E-state index in [9.17, 15) is 13.2 Å². The average molecular weight is 505 g/mol. The molecule has 0 N–H and O–H groups in total. The molecule has 0 saturated carbocycles. The molecule has 1 aromatic carbocycles. The zero-order valence-corrected chi connectivity index (χ0v) is 20.6. The maximum absolute atomic E-state index is 12.8. The van der Waals surface area contributed by atoms with E-state index in [1.165, 1.54) is 57.9 Å². The van der Waals surface area contributed by atoms with Gasteiger partial charge in [0.2, 0.25) is 0 Å². The summed E-state index contributed by atoms with van der Waals surface area (Å²) >= 11 is -2.26. The molecule has 0 bridgehead atoms. The van der Waals surface area contributed by atoms with Crippen LogP contribution in [0, 0.1) is 0 Å². The number of ether oxygens (including phenoxy) is 1. The molecule has 0 radical (unpaired) electrons. The van der Waals surface area contributed by atoms with E-state index in [1.54, 1.807) is 6.07 Å². The molecule has 1 nitrogen and oxygen atoms in total. The first-order valence-corrected chi connectivity index (χ1v) is 18.5. The van der Waals surface area contributed by atoms with Gasteiger partial charge in [0.25, 0.3) is 0 Å². The van der Waals surface area contributed by atoms with E-state index in [1.807, 2.05) is 0 Å². The van der Waals surface area contributed by atoms with E-state index in [4.69, 9.17) is 4.74 Å². The van der Waals surface area contributed by atoms with Gasteiger partial charge in [-0.3, -0.25) is 0 Å². The normalized spacial score (nSPS) is 12.6. The van der Waals surface area contributed by atoms with Crippen molar-refractivity contribution in [3.8, 4) is 5.75 Å². The predicted octanol–water partition coefficient (Wildman–Crippen LogP) is 8.42. The van der Waals surface area contributed by atoms with Gasteiger partial charge in [-0.2, -0.15) is 0 Å². The van der Waals surface area contributed by atoms with Crippen LogP contribution in [0.2, 0.25) is 13.3 Å². The number of benzene rings is 1. The summed E-state index contributed by atoms with van der Waals surface area (Å²) in [5.41, 5.74) is -0.658. The van der Waals surface area contributed by atoms with Gasteiger partial charge in [0.1, 0.15) is 0 Å². The van der Waals surface area contributed by atoms with Crippen LogP contribution in [0.3, 0.4) is 0 Å². The second kappa shape index (κ2) is 13.5. The average Bonchev–Trinajstić information content (AvgIpc) is 2.68. The Hall–Kier alpha value is -0.651. The molecular formula is C23H37F3OSn. The van der Waals surface area contributed by atoms with E-state index in [0.717, 1.165) is 18.6 Å². The van der Waals surface area contributed by atoms with Gasteiger partial charge in [-0.1, -0.05) is 0 Å². The zero-order valence-electron chi connectivity index (χ0n) is 17.8. The van der Waals surface area contributed by atoms with Crippen molar-refractivity contribution in [2.45, 2.75) is 85.2 Å². The van der Waals surface area contributed by atoms with Crippen molar-refractivity contribution in [3.05, 3.63) is 40.0 Å². The predicted molar refractivity (Wildman–Crippen MR) is 116 cm³/mol. The van der Waals surface area contributed by atoms with E-state index in [-0.39, 0.29) is 0 Å². The van der Waals surface area contributed by atoms with Crippen molar-refractivity contribution in [1.82, 2.24) is 0 Å². The Morgan fingerprint density at radius 1 is 0.929 bits per heavy atom. The van der Waals surface area contributed by atoms with Crippen LogP contribution in [-0.4, -0.2) is 25.0 Å². The Kier molecular flexibility index (Phi) is 12.3. The van der Waals surface area contributed by atoms with Crippen molar-refractivity contribution in [3.63, 3.8) is 0 Å². The van der Waals surface area contributed by atoms with Crippen LogP contribution in [0.1, 0.15) is 71.3 Å². The Bertz CT molecular complexity index is 547. The molecule has 0 aliphatic heterocycles. The van der Waals surface area contributed by atoms with Gasteiger partial charge in [-0.25, -0.2) is 0 Å². The Morgan fingerprint density at radius 3 is 2.00 bits per heavy atom. The number of hydrogen-bond donors (Lipinski definition) is 0. The van der Waals surface area contributed by atoms with Gasteiger partial charge in [0.05, 0.1) is 0 Å². The van der Waals surface area contributed by atoms with Crippen LogP contribution in [0.15, 0.2) is 34.4 Å². The molecule has 0 spiro atoms. The summed E-state index contributed by atoms with van der Waals surface area (Å²) in [4.78, 5) is 0. The topological polar surface area (TPSA) is 9.23 Å². The van der Waals surface area contributed by atoms with E-state index < -0.39 is 30.1 Å². The Morgan fingerprint density at radius 2 is 1.50 bits per heavy atom. The van der Waals surface area contributed by atoms with Gasteiger partial charge in [0, 0.05) is 0 Å². The molecule has 1 rings (SSSR count). The van der Waals surface area contributed by atoms with Gasteiger partial charge >= 0.3 is 174 Å². The van der Waals surface area contributed by atoms with Crippen molar-refractivity contribution < 1.29 is 17.9 Å². The molecule has 0 unspecified atom stereocenters. The molecule has 0 atom stereocenters. The maximum atomic E-state index is 12.8. The summed E-state index contributed by atoms with van der Waals surface area (Å²) in [7, 11) is 0. The summed E-state index contributed by atoms with van der Waals surface area (Å²) < 4.78 is 50.8. The Labute approximate surface area is 173 Å². The number of hydrogen-bond acceptors (Lipinski definition) is 1. The van der Waals surface area contributed by atoms with E-state index in [0.29, 0.717) is 12.4 Å². The molecule has 0 aliphatic carbocycles. The Balaban J connectivity index is 2.66. The van der Waals surface area contributed by atoms with Gasteiger partial charge in [-0.05, 0) is 0 Å². The quantitative estimate of drug-likeness (QED) is 0.182. The first-order valence-electron chi connectivity index (χ1n) is 10.8. The molecule has 5 heteroatoms. The van der Waals surface area contributed by atoms with E-state index >= 15 is 0 Å². The third kappa shape index (κ3) is 9.71. The van der Waals surface area contributed by atoms with Crippen LogP contribution in [0.4, 0.5) is 13.2 Å². The first kappa shape index (κ1) is 25.4.